The fourth-order valence-corrected chi connectivity index (χ4v) is 2.82. The zero-order chi connectivity index (χ0) is 16.9. The van der Waals surface area contributed by atoms with E-state index in [4.69, 9.17) is 24.2 Å². The molecular weight excluding hydrogens is 310 g/mol. The lowest BCUT2D eigenvalue weighted by atomic mass is 9.87. The highest BCUT2D eigenvalue weighted by Crippen LogP contribution is 2.36. The third-order valence-corrected chi connectivity index (χ3v) is 3.91. The van der Waals surface area contributed by atoms with Crippen LogP contribution in [-0.2, 0) is 23.7 Å². The van der Waals surface area contributed by atoms with Gasteiger partial charge in [-0.3, -0.25) is 0 Å². The second kappa shape index (κ2) is 7.20. The molecule has 0 amide bonds. The normalized spacial score (nSPS) is 28.0. The molecule has 1 aliphatic heterocycles. The van der Waals surface area contributed by atoms with Crippen molar-refractivity contribution in [2.45, 2.75) is 25.2 Å². The fourth-order valence-electron chi connectivity index (χ4n) is 2.82. The van der Waals surface area contributed by atoms with E-state index in [0.717, 1.165) is 29.6 Å². The van der Waals surface area contributed by atoms with E-state index in [1.807, 2.05) is 24.3 Å². The van der Waals surface area contributed by atoms with Crippen molar-refractivity contribution >= 4 is 5.97 Å². The molecule has 6 nitrogen and oxygen atoms in total. The minimum absolute atomic E-state index is 0.103. The standard InChI is InChI=1S/C18H17NO5/c1-21-17(20)18-23-11-12-5-2-3-6-13(12)14-7-4-8-15(16(14)24-18)22-10-9-19/h2,4-5,7-8,11,16,18H,3,6,10H2,1H3/b12-11?,14-13-. The number of methoxy groups -OCH3 is 1. The Morgan fingerprint density at radius 3 is 3.12 bits per heavy atom. The highest BCUT2D eigenvalue weighted by molar-refractivity contribution is 5.73. The van der Waals surface area contributed by atoms with Crippen LogP contribution in [0.5, 0.6) is 0 Å². The molecule has 6 heteroatoms. The Morgan fingerprint density at radius 2 is 2.33 bits per heavy atom. The lowest BCUT2D eigenvalue weighted by Gasteiger charge is -2.31. The summed E-state index contributed by atoms with van der Waals surface area (Å²) in [6, 6.07) is 1.94. The van der Waals surface area contributed by atoms with Gasteiger partial charge in [-0.2, -0.15) is 5.26 Å². The first-order chi connectivity index (χ1) is 11.7. The molecule has 0 saturated heterocycles. The molecule has 0 saturated carbocycles. The molecule has 2 unspecified atom stereocenters. The van der Waals surface area contributed by atoms with Gasteiger partial charge in [-0.05, 0) is 30.1 Å². The molecule has 1 heterocycles. The van der Waals surface area contributed by atoms with Crippen molar-refractivity contribution < 1.29 is 23.7 Å². The largest absolute Gasteiger partial charge is 0.480 e. The molecule has 0 fully saturated rings. The first-order valence-corrected chi connectivity index (χ1v) is 7.61. The van der Waals surface area contributed by atoms with Crippen molar-refractivity contribution in [3.8, 4) is 6.07 Å². The summed E-state index contributed by atoms with van der Waals surface area (Å²) in [5.41, 5.74) is 2.87. The molecule has 0 N–H and O–H groups in total. The summed E-state index contributed by atoms with van der Waals surface area (Å²) in [5, 5.41) is 8.77. The quantitative estimate of drug-likeness (QED) is 0.741. The van der Waals surface area contributed by atoms with Gasteiger partial charge in [0.2, 0.25) is 0 Å². The topological polar surface area (TPSA) is 77.8 Å². The molecule has 0 aromatic heterocycles. The second-order valence-electron chi connectivity index (χ2n) is 5.33. The van der Waals surface area contributed by atoms with Crippen molar-refractivity contribution in [1.82, 2.24) is 0 Å². The predicted molar refractivity (Wildman–Crippen MR) is 84.0 cm³/mol. The lowest BCUT2D eigenvalue weighted by Crippen LogP contribution is -2.36. The van der Waals surface area contributed by atoms with Gasteiger partial charge in [0.15, 0.2) is 6.61 Å². The summed E-state index contributed by atoms with van der Waals surface area (Å²) in [6.45, 7) is -0.103. The van der Waals surface area contributed by atoms with Crippen molar-refractivity contribution in [2.75, 3.05) is 13.7 Å². The van der Waals surface area contributed by atoms with Crippen LogP contribution >= 0.6 is 0 Å². The number of allylic oxidation sites excluding steroid dienone is 6. The Labute approximate surface area is 139 Å². The Hall–Kier alpha value is -2.78. The van der Waals surface area contributed by atoms with Gasteiger partial charge in [0.05, 0.1) is 13.4 Å². The zero-order valence-electron chi connectivity index (χ0n) is 13.2. The minimum atomic E-state index is -1.21. The first-order valence-electron chi connectivity index (χ1n) is 7.61. The van der Waals surface area contributed by atoms with Crippen LogP contribution < -0.4 is 0 Å². The number of carbonyl (C=O) groups excluding carboxylic acids is 1. The Bertz CT molecular complexity index is 720. The number of fused-ring (bicyclic) bond motifs is 2. The van der Waals surface area contributed by atoms with Crippen LogP contribution in [0.2, 0.25) is 0 Å². The van der Waals surface area contributed by atoms with Crippen LogP contribution in [0.25, 0.3) is 0 Å². The molecule has 24 heavy (non-hydrogen) atoms. The Morgan fingerprint density at radius 1 is 1.46 bits per heavy atom. The smallest absolute Gasteiger partial charge is 0.376 e. The van der Waals surface area contributed by atoms with Crippen LogP contribution in [0.15, 0.2) is 59.1 Å². The third kappa shape index (κ3) is 3.12. The summed E-state index contributed by atoms with van der Waals surface area (Å²) in [7, 11) is 1.27. The van der Waals surface area contributed by atoms with E-state index >= 15 is 0 Å². The number of nitrogens with zero attached hydrogens (tertiary/aromatic N) is 1. The van der Waals surface area contributed by atoms with Gasteiger partial charge in [-0.25, -0.2) is 4.79 Å². The van der Waals surface area contributed by atoms with E-state index in [1.54, 1.807) is 6.08 Å². The highest BCUT2D eigenvalue weighted by Gasteiger charge is 2.34. The monoisotopic (exact) mass is 327 g/mol. The molecule has 0 aromatic carbocycles. The molecule has 3 rings (SSSR count). The van der Waals surface area contributed by atoms with E-state index < -0.39 is 18.4 Å². The Kier molecular flexibility index (Phi) is 4.82. The SMILES string of the molecule is COC(=O)C1OC=C2C=CCC/C2=C2\C=CC=C(OCC#N)C2O1. The maximum absolute atomic E-state index is 11.9. The van der Waals surface area contributed by atoms with Gasteiger partial charge in [0.1, 0.15) is 17.9 Å². The Balaban J connectivity index is 2.03. The van der Waals surface area contributed by atoms with Gasteiger partial charge >= 0.3 is 5.97 Å². The maximum atomic E-state index is 11.9. The molecule has 2 atom stereocenters. The molecule has 0 spiro atoms. The van der Waals surface area contributed by atoms with Crippen LogP contribution in [-0.4, -0.2) is 32.1 Å². The molecular formula is C18H17NO5. The number of esters is 1. The van der Waals surface area contributed by atoms with Crippen molar-refractivity contribution in [3.05, 3.63) is 59.1 Å². The summed E-state index contributed by atoms with van der Waals surface area (Å²) in [4.78, 5) is 11.9. The van der Waals surface area contributed by atoms with Gasteiger partial charge in [0.25, 0.3) is 6.29 Å². The molecule has 0 radical (unpaired) electrons. The van der Waals surface area contributed by atoms with E-state index in [2.05, 4.69) is 6.08 Å². The van der Waals surface area contributed by atoms with Crippen LogP contribution in [0.1, 0.15) is 12.8 Å². The maximum Gasteiger partial charge on any atom is 0.376 e. The van der Waals surface area contributed by atoms with E-state index in [-0.39, 0.29) is 6.61 Å². The van der Waals surface area contributed by atoms with E-state index in [0.29, 0.717) is 5.76 Å². The minimum Gasteiger partial charge on any atom is -0.480 e. The van der Waals surface area contributed by atoms with Gasteiger partial charge < -0.3 is 18.9 Å². The average Bonchev–Trinajstić information content (AvgIpc) is 2.61. The summed E-state index contributed by atoms with van der Waals surface area (Å²) >= 11 is 0. The lowest BCUT2D eigenvalue weighted by molar-refractivity contribution is -0.188. The molecule has 0 aromatic rings. The highest BCUT2D eigenvalue weighted by atomic mass is 16.7. The number of rotatable bonds is 3. The number of carbonyl (C=O) groups is 1. The molecule has 3 aliphatic rings. The van der Waals surface area contributed by atoms with Crippen molar-refractivity contribution in [2.24, 2.45) is 0 Å². The third-order valence-electron chi connectivity index (χ3n) is 3.91. The van der Waals surface area contributed by atoms with Gasteiger partial charge in [-0.15, -0.1) is 0 Å². The van der Waals surface area contributed by atoms with E-state index in [1.165, 1.54) is 13.4 Å². The summed E-state index contributed by atoms with van der Waals surface area (Å²) in [5.74, 6) is -0.168. The molecule has 2 aliphatic carbocycles. The number of nitriles is 1. The number of hydrogen-bond acceptors (Lipinski definition) is 6. The van der Waals surface area contributed by atoms with Crippen LogP contribution in [0, 0.1) is 11.3 Å². The molecule has 0 bridgehead atoms. The second-order valence-corrected chi connectivity index (χ2v) is 5.33. The van der Waals surface area contributed by atoms with Gasteiger partial charge in [0, 0.05) is 5.57 Å². The zero-order valence-corrected chi connectivity index (χ0v) is 13.2. The fraction of sp³-hybridized carbons (Fsp3) is 0.333. The number of hydrogen-bond donors (Lipinski definition) is 0. The van der Waals surface area contributed by atoms with Gasteiger partial charge in [-0.1, -0.05) is 24.3 Å². The number of ether oxygens (including phenoxy) is 4. The van der Waals surface area contributed by atoms with E-state index in [9.17, 15) is 4.79 Å². The summed E-state index contributed by atoms with van der Waals surface area (Å²) < 4.78 is 21.5. The molecule has 124 valence electrons. The average molecular weight is 327 g/mol. The van der Waals surface area contributed by atoms with Crippen LogP contribution in [0.3, 0.4) is 0 Å². The first kappa shape index (κ1) is 16.1. The van der Waals surface area contributed by atoms with Crippen molar-refractivity contribution in [3.63, 3.8) is 0 Å². The van der Waals surface area contributed by atoms with Crippen molar-refractivity contribution in [1.29, 1.82) is 5.26 Å². The predicted octanol–water partition coefficient (Wildman–Crippen LogP) is 2.43. The van der Waals surface area contributed by atoms with Crippen LogP contribution in [0.4, 0.5) is 0 Å². The summed E-state index contributed by atoms with van der Waals surface area (Å²) in [6.07, 6.45) is 11.0.